The second kappa shape index (κ2) is 13.2. The molecular formula is C29H30F3N3O5. The number of halogens is 3. The minimum Gasteiger partial charge on any atom is -0.462 e. The molecule has 1 aliphatic rings. The van der Waals surface area contributed by atoms with Crippen molar-refractivity contribution in [1.29, 1.82) is 5.26 Å². The van der Waals surface area contributed by atoms with Crippen molar-refractivity contribution < 1.29 is 37.0 Å². The lowest BCUT2D eigenvalue weighted by atomic mass is 9.80. The van der Waals surface area contributed by atoms with Crippen LogP contribution in [-0.4, -0.2) is 38.9 Å². The van der Waals surface area contributed by atoms with E-state index in [9.17, 15) is 28.0 Å². The lowest BCUT2D eigenvalue weighted by Gasteiger charge is -2.37. The summed E-state index contributed by atoms with van der Waals surface area (Å²) in [7, 11) is 1.43. The Bertz CT molecular complexity index is 1300. The quantitative estimate of drug-likeness (QED) is 0.315. The van der Waals surface area contributed by atoms with Crippen molar-refractivity contribution in [2.75, 3.05) is 31.8 Å². The monoisotopic (exact) mass is 557 g/mol. The largest absolute Gasteiger partial charge is 0.462 e. The molecule has 212 valence electrons. The topological polar surface area (TPSA) is 115 Å². The molecule has 1 aliphatic heterocycles. The summed E-state index contributed by atoms with van der Waals surface area (Å²) in [6, 6.07) is 12.6. The minimum absolute atomic E-state index is 0.0100. The van der Waals surface area contributed by atoms with Gasteiger partial charge in [0.05, 0.1) is 47.5 Å². The van der Waals surface area contributed by atoms with E-state index in [4.69, 9.17) is 19.9 Å². The van der Waals surface area contributed by atoms with Crippen molar-refractivity contribution in [2.24, 2.45) is 5.73 Å². The predicted octanol–water partition coefficient (Wildman–Crippen LogP) is 5.16. The highest BCUT2D eigenvalue weighted by Gasteiger charge is 2.42. The van der Waals surface area contributed by atoms with E-state index >= 15 is 0 Å². The number of rotatable bonds is 10. The van der Waals surface area contributed by atoms with Gasteiger partial charge in [0.15, 0.2) is 0 Å². The normalized spacial score (nSPS) is 15.6. The fraction of sp³-hybridized carbons (Fsp3) is 0.345. The number of ether oxygens (including phenoxy) is 3. The van der Waals surface area contributed by atoms with E-state index in [2.05, 4.69) is 0 Å². The summed E-state index contributed by atoms with van der Waals surface area (Å²) in [6.07, 6.45) is -3.33. The van der Waals surface area contributed by atoms with E-state index in [1.807, 2.05) is 13.0 Å². The third-order valence-corrected chi connectivity index (χ3v) is 6.32. The van der Waals surface area contributed by atoms with Gasteiger partial charge in [0.25, 0.3) is 0 Å². The van der Waals surface area contributed by atoms with Gasteiger partial charge in [-0.05, 0) is 49.2 Å². The van der Waals surface area contributed by atoms with E-state index in [-0.39, 0.29) is 48.2 Å². The number of esters is 2. The van der Waals surface area contributed by atoms with Crippen molar-refractivity contribution in [3.05, 3.63) is 87.9 Å². The Morgan fingerprint density at radius 2 is 1.68 bits per heavy atom. The van der Waals surface area contributed by atoms with Crippen LogP contribution in [0.2, 0.25) is 0 Å². The molecule has 11 heteroatoms. The van der Waals surface area contributed by atoms with Crippen LogP contribution in [-0.2, 0) is 30.0 Å². The van der Waals surface area contributed by atoms with Crippen molar-refractivity contribution >= 4 is 17.6 Å². The maximum atomic E-state index is 13.6. The maximum absolute atomic E-state index is 13.6. The number of allylic oxidation sites excluding steroid dienone is 1. The first-order valence-corrected chi connectivity index (χ1v) is 12.6. The van der Waals surface area contributed by atoms with Gasteiger partial charge in [-0.3, -0.25) is 0 Å². The molecule has 8 nitrogen and oxygen atoms in total. The van der Waals surface area contributed by atoms with Crippen LogP contribution in [0.15, 0.2) is 71.2 Å². The molecule has 0 saturated carbocycles. The third-order valence-electron chi connectivity index (χ3n) is 6.32. The third kappa shape index (κ3) is 6.63. The van der Waals surface area contributed by atoms with Gasteiger partial charge < -0.3 is 24.8 Å². The second-order valence-corrected chi connectivity index (χ2v) is 8.97. The van der Waals surface area contributed by atoms with Gasteiger partial charge in [-0.15, -0.1) is 0 Å². The maximum Gasteiger partial charge on any atom is 0.416 e. The van der Waals surface area contributed by atoms with Gasteiger partial charge in [0.2, 0.25) is 0 Å². The average Bonchev–Trinajstić information content (AvgIpc) is 2.92. The Hall–Kier alpha value is -4.30. The number of unbranched alkanes of at least 4 members (excludes halogenated alkanes) is 1. The highest BCUT2D eigenvalue weighted by molar-refractivity contribution is 6.01. The molecule has 1 atom stereocenters. The summed E-state index contributed by atoms with van der Waals surface area (Å²) >= 11 is 0. The molecule has 0 fully saturated rings. The molecular weight excluding hydrogens is 527 g/mol. The van der Waals surface area contributed by atoms with Crippen molar-refractivity contribution in [3.63, 3.8) is 0 Å². The van der Waals surface area contributed by atoms with Gasteiger partial charge in [0.1, 0.15) is 12.4 Å². The molecule has 3 rings (SSSR count). The number of alkyl halides is 3. The summed E-state index contributed by atoms with van der Waals surface area (Å²) < 4.78 is 56.6. The summed E-state index contributed by atoms with van der Waals surface area (Å²) in [5.74, 6) is -2.92. The molecule has 40 heavy (non-hydrogen) atoms. The number of carbonyl (C=O) groups is 2. The Morgan fingerprint density at radius 1 is 1.02 bits per heavy atom. The molecule has 0 radical (unpaired) electrons. The number of hydrogen-bond acceptors (Lipinski definition) is 8. The smallest absolute Gasteiger partial charge is 0.416 e. The molecule has 0 aliphatic carbocycles. The molecule has 1 unspecified atom stereocenters. The lowest BCUT2D eigenvalue weighted by molar-refractivity contribution is -0.141. The zero-order valence-corrected chi connectivity index (χ0v) is 22.4. The number of methoxy groups -OCH3 is 1. The van der Waals surface area contributed by atoms with Gasteiger partial charge in [-0.25, -0.2) is 9.59 Å². The van der Waals surface area contributed by atoms with Crippen LogP contribution in [0.4, 0.5) is 18.9 Å². The molecule has 1 heterocycles. The fourth-order valence-electron chi connectivity index (χ4n) is 4.33. The summed E-state index contributed by atoms with van der Waals surface area (Å²) in [5.41, 5.74) is 6.39. The first kappa shape index (κ1) is 30.2. The Labute approximate surface area is 230 Å². The molecule has 0 aromatic heterocycles. The van der Waals surface area contributed by atoms with Crippen LogP contribution < -0.4 is 10.6 Å². The number of hydrogen-bond donors (Lipinski definition) is 1. The minimum atomic E-state index is -4.64. The molecule has 2 aromatic rings. The van der Waals surface area contributed by atoms with Crippen LogP contribution >= 0.6 is 0 Å². The standard InChI is InChI=1S/C29H30F3N3O5/c1-4-5-13-39-28(37)25-24(20-11-9-19(17-33)10-12-20)23(27(36)40-15-14-38-3)18(2)35(26(25)34)22-8-6-7-21(16-22)29(30,31)32/h6-12,16,24H,4-5,13-15,34H2,1-3H3. The van der Waals surface area contributed by atoms with E-state index < -0.39 is 29.6 Å². The predicted molar refractivity (Wildman–Crippen MR) is 140 cm³/mol. The molecule has 0 spiro atoms. The molecule has 2 aromatic carbocycles. The van der Waals surface area contributed by atoms with Gasteiger partial charge in [0, 0.05) is 18.5 Å². The fourth-order valence-corrected chi connectivity index (χ4v) is 4.33. The second-order valence-electron chi connectivity index (χ2n) is 8.97. The van der Waals surface area contributed by atoms with Gasteiger partial charge >= 0.3 is 18.1 Å². The molecule has 0 saturated heterocycles. The van der Waals surface area contributed by atoms with Crippen LogP contribution in [0.25, 0.3) is 0 Å². The Kier molecular flexibility index (Phi) is 9.96. The van der Waals surface area contributed by atoms with Gasteiger partial charge in [-0.2, -0.15) is 18.4 Å². The van der Waals surface area contributed by atoms with E-state index in [0.717, 1.165) is 18.6 Å². The van der Waals surface area contributed by atoms with Crippen molar-refractivity contribution in [2.45, 2.75) is 38.8 Å². The SMILES string of the molecule is CCCCOC(=O)C1=C(N)N(c2cccc(C(F)(F)F)c2)C(C)=C(C(=O)OCCOC)C1c1ccc(C#N)cc1. The van der Waals surface area contributed by atoms with Crippen LogP contribution in [0.3, 0.4) is 0 Å². The van der Waals surface area contributed by atoms with Crippen molar-refractivity contribution in [3.8, 4) is 6.07 Å². The number of anilines is 1. The van der Waals surface area contributed by atoms with Crippen molar-refractivity contribution in [1.82, 2.24) is 0 Å². The van der Waals surface area contributed by atoms with Crippen LogP contribution in [0.5, 0.6) is 0 Å². The Balaban J connectivity index is 2.28. The highest BCUT2D eigenvalue weighted by Crippen LogP contribution is 2.44. The number of nitrogens with zero attached hydrogens (tertiary/aromatic N) is 2. The zero-order valence-electron chi connectivity index (χ0n) is 22.4. The first-order chi connectivity index (χ1) is 19.0. The molecule has 2 N–H and O–H groups in total. The number of carbonyl (C=O) groups excluding carboxylic acids is 2. The lowest BCUT2D eigenvalue weighted by Crippen LogP contribution is -2.39. The molecule has 0 amide bonds. The summed E-state index contributed by atoms with van der Waals surface area (Å²) in [6.45, 7) is 3.49. The van der Waals surface area contributed by atoms with E-state index in [0.29, 0.717) is 17.5 Å². The number of nitriles is 1. The van der Waals surface area contributed by atoms with E-state index in [1.165, 1.54) is 43.2 Å². The molecule has 0 bridgehead atoms. The number of benzene rings is 2. The van der Waals surface area contributed by atoms with Crippen LogP contribution in [0.1, 0.15) is 49.3 Å². The first-order valence-electron chi connectivity index (χ1n) is 12.6. The summed E-state index contributed by atoms with van der Waals surface area (Å²) in [5, 5.41) is 9.25. The van der Waals surface area contributed by atoms with Crippen LogP contribution in [0, 0.1) is 11.3 Å². The highest BCUT2D eigenvalue weighted by atomic mass is 19.4. The average molecular weight is 558 g/mol. The van der Waals surface area contributed by atoms with E-state index in [1.54, 1.807) is 12.1 Å². The number of nitrogens with two attached hydrogens (primary N) is 1. The van der Waals surface area contributed by atoms with Gasteiger partial charge in [-0.1, -0.05) is 31.5 Å². The Morgan fingerprint density at radius 3 is 2.27 bits per heavy atom. The zero-order chi connectivity index (χ0) is 29.4. The summed E-state index contributed by atoms with van der Waals surface area (Å²) in [4.78, 5) is 28.3.